The Morgan fingerprint density at radius 3 is 2.90 bits per heavy atom. The molecule has 0 saturated heterocycles. The first-order chi connectivity index (χ1) is 9.74. The van der Waals surface area contributed by atoms with Crippen LogP contribution in [0.2, 0.25) is 0 Å². The van der Waals surface area contributed by atoms with Crippen LogP contribution in [0.15, 0.2) is 29.6 Å². The minimum atomic E-state index is -0.566. The van der Waals surface area contributed by atoms with E-state index in [0.29, 0.717) is 0 Å². The average molecular weight is 287 g/mol. The molecule has 0 aliphatic heterocycles. The Balaban J connectivity index is 2.10. The predicted molar refractivity (Wildman–Crippen MR) is 73.7 cm³/mol. The van der Waals surface area contributed by atoms with Gasteiger partial charge in [0, 0.05) is 5.56 Å². The van der Waals surface area contributed by atoms with Crippen LogP contribution >= 0.6 is 11.3 Å². The van der Waals surface area contributed by atoms with Crippen LogP contribution < -0.4 is 4.74 Å². The monoisotopic (exact) mass is 287 g/mol. The van der Waals surface area contributed by atoms with E-state index in [-0.39, 0.29) is 24.5 Å². The van der Waals surface area contributed by atoms with Gasteiger partial charge in [-0.05, 0) is 29.6 Å². The lowest BCUT2D eigenvalue weighted by Crippen LogP contribution is -1.97. The molecule has 1 aromatic carbocycles. The molecular formula is C15H10FNO2S. The van der Waals surface area contributed by atoms with Gasteiger partial charge in [0.1, 0.15) is 13.2 Å². The summed E-state index contributed by atoms with van der Waals surface area (Å²) in [5.74, 6) is 4.90. The molecule has 20 heavy (non-hydrogen) atoms. The second-order valence-electron chi connectivity index (χ2n) is 3.76. The number of nitrogens with zero attached hydrogens (tertiary/aromatic N) is 1. The fourth-order valence-corrected chi connectivity index (χ4v) is 2.27. The van der Waals surface area contributed by atoms with E-state index in [1.54, 1.807) is 0 Å². The van der Waals surface area contributed by atoms with Gasteiger partial charge in [0.2, 0.25) is 0 Å². The second kappa shape index (κ2) is 6.72. The molecule has 0 aliphatic rings. The van der Waals surface area contributed by atoms with Crippen molar-refractivity contribution in [3.63, 3.8) is 0 Å². The van der Waals surface area contributed by atoms with Crippen molar-refractivity contribution in [3.05, 3.63) is 51.5 Å². The van der Waals surface area contributed by atoms with Gasteiger partial charge < -0.3 is 9.84 Å². The van der Waals surface area contributed by atoms with E-state index in [4.69, 9.17) is 15.1 Å². The molecule has 0 fully saturated rings. The molecule has 0 saturated carbocycles. The number of thiophene rings is 1. The first kappa shape index (κ1) is 14.1. The molecule has 0 radical (unpaired) electrons. The molecule has 2 aromatic rings. The lowest BCUT2D eigenvalue weighted by Gasteiger charge is -2.06. The quantitative estimate of drug-likeness (QED) is 0.883. The fourth-order valence-electron chi connectivity index (χ4n) is 1.53. The standard InChI is InChI=1S/C15H10FNO2S/c16-13-8-11(9-17)3-4-14(13)19-10-15-12(2-1-6-18)5-7-20-15/h3-5,7-8,18H,6,10H2. The molecule has 5 heteroatoms. The molecule has 0 bridgehead atoms. The SMILES string of the molecule is N#Cc1ccc(OCc2sccc2C#CCO)c(F)c1. The highest BCUT2D eigenvalue weighted by Crippen LogP contribution is 2.22. The normalized spacial score (nSPS) is 9.45. The van der Waals surface area contributed by atoms with E-state index in [1.807, 2.05) is 17.5 Å². The number of ether oxygens (including phenoxy) is 1. The molecule has 0 spiro atoms. The number of benzene rings is 1. The van der Waals surface area contributed by atoms with Crippen LogP contribution in [0.1, 0.15) is 16.0 Å². The Kier molecular flexibility index (Phi) is 4.73. The van der Waals surface area contributed by atoms with E-state index in [1.165, 1.54) is 23.5 Å². The lowest BCUT2D eigenvalue weighted by molar-refractivity contribution is 0.293. The van der Waals surface area contributed by atoms with E-state index in [2.05, 4.69) is 11.8 Å². The summed E-state index contributed by atoms with van der Waals surface area (Å²) >= 11 is 1.45. The zero-order valence-corrected chi connectivity index (χ0v) is 11.2. The smallest absolute Gasteiger partial charge is 0.166 e. The Labute approximate surface area is 119 Å². The highest BCUT2D eigenvalue weighted by molar-refractivity contribution is 7.10. The Morgan fingerprint density at radius 2 is 2.20 bits per heavy atom. The topological polar surface area (TPSA) is 53.2 Å². The number of hydrogen-bond acceptors (Lipinski definition) is 4. The van der Waals surface area contributed by atoms with Gasteiger partial charge in [0.05, 0.1) is 16.5 Å². The maximum absolute atomic E-state index is 13.6. The lowest BCUT2D eigenvalue weighted by atomic mass is 10.2. The molecule has 3 nitrogen and oxygen atoms in total. The number of nitriles is 1. The number of hydrogen-bond donors (Lipinski definition) is 1. The largest absolute Gasteiger partial charge is 0.485 e. The molecule has 0 aliphatic carbocycles. The van der Waals surface area contributed by atoms with Crippen molar-refractivity contribution in [2.45, 2.75) is 6.61 Å². The van der Waals surface area contributed by atoms with Crippen molar-refractivity contribution >= 4 is 11.3 Å². The number of halogens is 1. The summed E-state index contributed by atoms with van der Waals surface area (Å²) in [6, 6.07) is 7.75. The summed E-state index contributed by atoms with van der Waals surface area (Å²) in [5.41, 5.74) is 1.01. The fraction of sp³-hybridized carbons (Fsp3) is 0.133. The zero-order chi connectivity index (χ0) is 14.4. The molecule has 0 atom stereocenters. The van der Waals surface area contributed by atoms with Crippen LogP contribution in [0.5, 0.6) is 5.75 Å². The first-order valence-electron chi connectivity index (χ1n) is 5.73. The molecule has 1 heterocycles. The van der Waals surface area contributed by atoms with E-state index in [9.17, 15) is 4.39 Å². The minimum Gasteiger partial charge on any atom is -0.485 e. The summed E-state index contributed by atoms with van der Waals surface area (Å²) in [6.45, 7) is -0.0175. The van der Waals surface area contributed by atoms with Crippen LogP contribution in [0.25, 0.3) is 0 Å². The van der Waals surface area contributed by atoms with Gasteiger partial charge in [0.15, 0.2) is 11.6 Å². The van der Waals surface area contributed by atoms with Gasteiger partial charge in [-0.2, -0.15) is 5.26 Å². The van der Waals surface area contributed by atoms with Gasteiger partial charge in [-0.25, -0.2) is 4.39 Å². The van der Waals surface area contributed by atoms with Gasteiger partial charge >= 0.3 is 0 Å². The highest BCUT2D eigenvalue weighted by atomic mass is 32.1. The van der Waals surface area contributed by atoms with E-state index in [0.717, 1.165) is 16.5 Å². The van der Waals surface area contributed by atoms with E-state index >= 15 is 0 Å². The van der Waals surface area contributed by atoms with Crippen LogP contribution in [-0.4, -0.2) is 11.7 Å². The van der Waals surface area contributed by atoms with Crippen LogP contribution in [0.3, 0.4) is 0 Å². The zero-order valence-electron chi connectivity index (χ0n) is 10.4. The summed E-state index contributed by atoms with van der Waals surface area (Å²) in [4.78, 5) is 0.856. The number of aliphatic hydroxyl groups is 1. The first-order valence-corrected chi connectivity index (χ1v) is 6.61. The van der Waals surface area contributed by atoms with Gasteiger partial charge in [-0.1, -0.05) is 11.8 Å². The van der Waals surface area contributed by atoms with Gasteiger partial charge in [-0.3, -0.25) is 0 Å². The van der Waals surface area contributed by atoms with E-state index < -0.39 is 5.82 Å². The van der Waals surface area contributed by atoms with Gasteiger partial charge in [-0.15, -0.1) is 11.3 Å². The van der Waals surface area contributed by atoms with Crippen molar-refractivity contribution in [1.82, 2.24) is 0 Å². The predicted octanol–water partition coefficient (Wildman–Crippen LogP) is 2.68. The van der Waals surface area contributed by atoms with Crippen LogP contribution in [0.4, 0.5) is 4.39 Å². The van der Waals surface area contributed by atoms with Gasteiger partial charge in [0.25, 0.3) is 0 Å². The summed E-state index contributed by atoms with van der Waals surface area (Å²) in [5, 5.41) is 19.2. The third kappa shape index (κ3) is 3.36. The summed E-state index contributed by atoms with van der Waals surface area (Å²) < 4.78 is 19.0. The Bertz CT molecular complexity index is 707. The Hall–Kier alpha value is -2.34. The summed E-state index contributed by atoms with van der Waals surface area (Å²) in [7, 11) is 0. The maximum atomic E-state index is 13.6. The van der Waals surface area contributed by atoms with Crippen molar-refractivity contribution < 1.29 is 14.2 Å². The maximum Gasteiger partial charge on any atom is 0.166 e. The van der Waals surface area contributed by atoms with Crippen molar-refractivity contribution in [2.75, 3.05) is 6.61 Å². The Morgan fingerprint density at radius 1 is 1.35 bits per heavy atom. The third-order valence-electron chi connectivity index (χ3n) is 2.47. The minimum absolute atomic E-state index is 0.0958. The molecule has 1 aromatic heterocycles. The average Bonchev–Trinajstić information content (AvgIpc) is 2.91. The number of rotatable bonds is 3. The second-order valence-corrected chi connectivity index (χ2v) is 4.76. The molecule has 0 amide bonds. The summed E-state index contributed by atoms with van der Waals surface area (Å²) in [6.07, 6.45) is 0. The molecule has 2 rings (SSSR count). The highest BCUT2D eigenvalue weighted by Gasteiger charge is 2.07. The number of aliphatic hydroxyl groups excluding tert-OH is 1. The molecule has 100 valence electrons. The van der Waals surface area contributed by atoms with Crippen molar-refractivity contribution in [3.8, 4) is 23.7 Å². The van der Waals surface area contributed by atoms with Crippen molar-refractivity contribution in [1.29, 1.82) is 5.26 Å². The van der Waals surface area contributed by atoms with Crippen LogP contribution in [0, 0.1) is 29.0 Å². The molecule has 0 unspecified atom stereocenters. The molecule has 1 N–H and O–H groups in total. The van der Waals surface area contributed by atoms with Crippen molar-refractivity contribution in [2.24, 2.45) is 0 Å². The third-order valence-corrected chi connectivity index (χ3v) is 3.36. The van der Waals surface area contributed by atoms with Crippen LogP contribution in [-0.2, 0) is 6.61 Å². The molecular weight excluding hydrogens is 277 g/mol.